The number of methoxy groups -OCH3 is 1. The van der Waals surface area contributed by atoms with Gasteiger partial charge < -0.3 is 15.8 Å². The predicted octanol–water partition coefficient (Wildman–Crippen LogP) is 0.507. The summed E-state index contributed by atoms with van der Waals surface area (Å²) in [5, 5.41) is 13.1. The molecule has 1 atom stereocenters. The van der Waals surface area contributed by atoms with Crippen LogP contribution >= 0.6 is 0 Å². The Morgan fingerprint density at radius 3 is 2.76 bits per heavy atom. The normalized spacial score (nSPS) is 11.9. The van der Waals surface area contributed by atoms with E-state index in [2.05, 4.69) is 5.32 Å². The smallest absolute Gasteiger partial charge is 0.292 e. The molecule has 0 spiro atoms. The number of hydrogen-bond donors (Lipinski definition) is 2. The lowest BCUT2D eigenvalue weighted by molar-refractivity contribution is -0.383. The van der Waals surface area contributed by atoms with Gasteiger partial charge in [0, 0.05) is 19.7 Å². The van der Waals surface area contributed by atoms with E-state index in [9.17, 15) is 14.9 Å². The van der Waals surface area contributed by atoms with Crippen LogP contribution in [0.25, 0.3) is 0 Å². The van der Waals surface area contributed by atoms with Gasteiger partial charge in [-0.15, -0.1) is 0 Å². The summed E-state index contributed by atoms with van der Waals surface area (Å²) in [6.07, 6.45) is -0.824. The summed E-state index contributed by atoms with van der Waals surface area (Å²) in [6.45, 7) is 0.00294. The fourth-order valence-electron chi connectivity index (χ4n) is 1.26. The van der Waals surface area contributed by atoms with Crippen molar-refractivity contribution in [3.63, 3.8) is 0 Å². The molecule has 0 bridgehead atoms. The van der Waals surface area contributed by atoms with Crippen molar-refractivity contribution in [1.82, 2.24) is 0 Å². The minimum absolute atomic E-state index is 0.00294. The van der Waals surface area contributed by atoms with Gasteiger partial charge in [0.15, 0.2) is 0 Å². The van der Waals surface area contributed by atoms with Crippen LogP contribution in [-0.4, -0.2) is 30.6 Å². The van der Waals surface area contributed by atoms with E-state index in [0.29, 0.717) is 0 Å². The molecule has 0 heterocycles. The van der Waals surface area contributed by atoms with Gasteiger partial charge in [0.25, 0.3) is 11.6 Å². The van der Waals surface area contributed by atoms with E-state index in [1.165, 1.54) is 25.3 Å². The number of nitrogens with zero attached hydrogens (tertiary/aromatic N) is 1. The Balaban J connectivity index is 2.88. The molecule has 7 nitrogen and oxygen atoms in total. The van der Waals surface area contributed by atoms with Gasteiger partial charge >= 0.3 is 0 Å². The average Bonchev–Trinajstić information content (AvgIpc) is 2.31. The monoisotopic (exact) mass is 239 g/mol. The second-order valence-corrected chi connectivity index (χ2v) is 3.22. The number of carbonyl (C=O) groups is 1. The van der Waals surface area contributed by atoms with Crippen molar-refractivity contribution in [2.75, 3.05) is 19.0 Å². The van der Waals surface area contributed by atoms with E-state index in [-0.39, 0.29) is 17.9 Å². The Hall–Kier alpha value is -1.99. The van der Waals surface area contributed by atoms with Crippen LogP contribution in [0.1, 0.15) is 0 Å². The Morgan fingerprint density at radius 1 is 1.59 bits per heavy atom. The Bertz CT molecular complexity index is 418. The Morgan fingerprint density at radius 2 is 2.24 bits per heavy atom. The maximum atomic E-state index is 11.6. The van der Waals surface area contributed by atoms with Gasteiger partial charge in [0.2, 0.25) is 0 Å². The third-order valence-electron chi connectivity index (χ3n) is 2.15. The minimum atomic E-state index is -0.824. The van der Waals surface area contributed by atoms with Crippen LogP contribution in [-0.2, 0) is 9.53 Å². The van der Waals surface area contributed by atoms with Gasteiger partial charge in [-0.2, -0.15) is 0 Å². The van der Waals surface area contributed by atoms with Gasteiger partial charge in [-0.05, 0) is 6.07 Å². The number of ether oxygens (including phenoxy) is 1. The maximum absolute atomic E-state index is 11.6. The van der Waals surface area contributed by atoms with E-state index in [0.717, 1.165) is 0 Å². The van der Waals surface area contributed by atoms with E-state index >= 15 is 0 Å². The number of carbonyl (C=O) groups excluding carboxylic acids is 1. The van der Waals surface area contributed by atoms with Crippen molar-refractivity contribution in [3.8, 4) is 0 Å². The van der Waals surface area contributed by atoms with E-state index < -0.39 is 16.9 Å². The highest BCUT2D eigenvalue weighted by atomic mass is 16.6. The second-order valence-electron chi connectivity index (χ2n) is 3.22. The van der Waals surface area contributed by atoms with Gasteiger partial charge in [-0.1, -0.05) is 12.1 Å². The molecule has 0 radical (unpaired) electrons. The summed E-state index contributed by atoms with van der Waals surface area (Å²) < 4.78 is 4.83. The molecule has 92 valence electrons. The SMILES string of the molecule is COC(CN)C(=O)Nc1ccccc1[N+](=O)[O-]. The first-order chi connectivity index (χ1) is 8.10. The lowest BCUT2D eigenvalue weighted by Gasteiger charge is -2.12. The summed E-state index contributed by atoms with van der Waals surface area (Å²) in [7, 11) is 1.34. The molecule has 17 heavy (non-hydrogen) atoms. The number of benzene rings is 1. The van der Waals surface area contributed by atoms with Crippen molar-refractivity contribution in [2.24, 2.45) is 5.73 Å². The standard InChI is InChI=1S/C10H13N3O4/c1-17-9(6-11)10(14)12-7-4-2-3-5-8(7)13(15)16/h2-5,9H,6,11H2,1H3,(H,12,14). The summed E-state index contributed by atoms with van der Waals surface area (Å²) in [5.41, 5.74) is 5.27. The third-order valence-corrected chi connectivity index (χ3v) is 2.15. The average molecular weight is 239 g/mol. The van der Waals surface area contributed by atoms with Gasteiger partial charge in [0.1, 0.15) is 11.8 Å². The molecule has 1 rings (SSSR count). The van der Waals surface area contributed by atoms with Gasteiger partial charge in [-0.25, -0.2) is 0 Å². The quantitative estimate of drug-likeness (QED) is 0.574. The summed E-state index contributed by atoms with van der Waals surface area (Å²) >= 11 is 0. The fourth-order valence-corrected chi connectivity index (χ4v) is 1.26. The molecule has 1 unspecified atom stereocenters. The van der Waals surface area contributed by atoms with E-state index in [1.807, 2.05) is 0 Å². The van der Waals surface area contributed by atoms with Crippen molar-refractivity contribution < 1.29 is 14.5 Å². The molecule has 0 fully saturated rings. The first-order valence-corrected chi connectivity index (χ1v) is 4.87. The molecule has 0 saturated heterocycles. The highest BCUT2D eigenvalue weighted by molar-refractivity contribution is 5.96. The van der Waals surface area contributed by atoms with Crippen molar-refractivity contribution in [3.05, 3.63) is 34.4 Å². The van der Waals surface area contributed by atoms with Crippen LogP contribution in [0.5, 0.6) is 0 Å². The first kappa shape index (κ1) is 13.1. The van der Waals surface area contributed by atoms with Crippen molar-refractivity contribution in [1.29, 1.82) is 0 Å². The number of nitro groups is 1. The highest BCUT2D eigenvalue weighted by Gasteiger charge is 2.20. The molecule has 1 aromatic carbocycles. The van der Waals surface area contributed by atoms with Gasteiger partial charge in [0.05, 0.1) is 4.92 Å². The Kier molecular flexibility index (Phi) is 4.56. The zero-order chi connectivity index (χ0) is 12.8. The number of nitrogens with two attached hydrogens (primary N) is 1. The molecule has 0 saturated carbocycles. The van der Waals surface area contributed by atoms with Crippen LogP contribution in [0.4, 0.5) is 11.4 Å². The van der Waals surface area contributed by atoms with Crippen LogP contribution in [0.3, 0.4) is 0 Å². The minimum Gasteiger partial charge on any atom is -0.370 e. The number of hydrogen-bond acceptors (Lipinski definition) is 5. The molecule has 1 aromatic rings. The molecule has 0 aromatic heterocycles. The molecular weight excluding hydrogens is 226 g/mol. The van der Waals surface area contributed by atoms with E-state index in [1.54, 1.807) is 6.07 Å². The predicted molar refractivity (Wildman–Crippen MR) is 61.6 cm³/mol. The summed E-state index contributed by atoms with van der Waals surface area (Å²) in [4.78, 5) is 21.8. The third kappa shape index (κ3) is 3.23. The highest BCUT2D eigenvalue weighted by Crippen LogP contribution is 2.23. The van der Waals surface area contributed by atoms with Crippen LogP contribution in [0.2, 0.25) is 0 Å². The number of rotatable bonds is 5. The molecule has 0 aliphatic heterocycles. The summed E-state index contributed by atoms with van der Waals surface area (Å²) in [5.74, 6) is -0.510. The fraction of sp³-hybridized carbons (Fsp3) is 0.300. The van der Waals surface area contributed by atoms with Gasteiger partial charge in [-0.3, -0.25) is 14.9 Å². The molecule has 1 amide bonds. The zero-order valence-corrected chi connectivity index (χ0v) is 9.25. The van der Waals surface area contributed by atoms with Crippen molar-refractivity contribution in [2.45, 2.75) is 6.10 Å². The zero-order valence-electron chi connectivity index (χ0n) is 9.25. The molecule has 7 heteroatoms. The number of anilines is 1. The number of amides is 1. The van der Waals surface area contributed by atoms with Crippen LogP contribution in [0.15, 0.2) is 24.3 Å². The van der Waals surface area contributed by atoms with Crippen molar-refractivity contribution >= 4 is 17.3 Å². The lowest BCUT2D eigenvalue weighted by atomic mass is 10.2. The second kappa shape index (κ2) is 5.92. The number of nitrogens with one attached hydrogen (secondary N) is 1. The number of nitro benzene ring substituents is 1. The van der Waals surface area contributed by atoms with Crippen LogP contribution in [0, 0.1) is 10.1 Å². The van der Waals surface area contributed by atoms with Crippen LogP contribution < -0.4 is 11.1 Å². The summed E-state index contributed by atoms with van der Waals surface area (Å²) in [6, 6.07) is 5.86. The number of para-hydroxylation sites is 2. The largest absolute Gasteiger partial charge is 0.370 e. The topological polar surface area (TPSA) is 107 Å². The maximum Gasteiger partial charge on any atom is 0.292 e. The molecular formula is C10H13N3O4. The molecule has 3 N–H and O–H groups in total. The molecule has 0 aliphatic rings. The molecule has 0 aliphatic carbocycles. The first-order valence-electron chi connectivity index (χ1n) is 4.87. The lowest BCUT2D eigenvalue weighted by Crippen LogP contribution is -2.36. The van der Waals surface area contributed by atoms with E-state index in [4.69, 9.17) is 10.5 Å². The Labute approximate surface area is 97.7 Å².